The lowest BCUT2D eigenvalue weighted by Crippen LogP contribution is -2.50. The molecular weight excluding hydrogens is 346 g/mol. The van der Waals surface area contributed by atoms with Gasteiger partial charge in [-0.25, -0.2) is 0 Å². The topological polar surface area (TPSA) is 116 Å². The maximum Gasteiger partial charge on any atom is 0.305 e. The molecule has 0 fully saturated rings. The Kier molecular flexibility index (Phi) is 6.54. The van der Waals surface area contributed by atoms with Gasteiger partial charge in [-0.1, -0.05) is 12.1 Å². The number of carbonyl (C=O) groups is 4. The number of nitrogens with zero attached hydrogens (tertiary/aromatic N) is 1. The number of amides is 2. The Morgan fingerprint density at radius 1 is 1.44 bits per heavy atom. The van der Waals surface area contributed by atoms with E-state index in [2.05, 4.69) is 10.6 Å². The highest BCUT2D eigenvalue weighted by Crippen LogP contribution is 2.33. The van der Waals surface area contributed by atoms with Gasteiger partial charge >= 0.3 is 5.97 Å². The van der Waals surface area contributed by atoms with Crippen LogP contribution in [0.15, 0.2) is 29.2 Å². The van der Waals surface area contributed by atoms with Gasteiger partial charge in [0.05, 0.1) is 24.2 Å². The minimum atomic E-state index is -1.19. The summed E-state index contributed by atoms with van der Waals surface area (Å²) in [7, 11) is 1.67. The second-order valence-electron chi connectivity index (χ2n) is 5.45. The van der Waals surface area contributed by atoms with Gasteiger partial charge in [-0.05, 0) is 19.2 Å². The van der Waals surface area contributed by atoms with E-state index in [9.17, 15) is 19.2 Å². The number of hydrogen-bond acceptors (Lipinski definition) is 6. The summed E-state index contributed by atoms with van der Waals surface area (Å²) in [4.78, 5) is 48.8. The standard InChI is InChI=1S/C16H19N3O5S/c1-17-11-9-25-13-5-3-2-4-12(13)19(16(11)24)7-14(21)18-10(8-20)6-15(22)23/h2-5,8,10-11,17H,6-7,9H2,1H3,(H,18,21)(H,22,23)/t10-,11-/m0/s1. The van der Waals surface area contributed by atoms with Crippen LogP contribution in [0.1, 0.15) is 6.42 Å². The van der Waals surface area contributed by atoms with Crippen LogP contribution in [0.3, 0.4) is 0 Å². The SMILES string of the molecule is CN[C@H]1CSc2ccccc2N(CC(=O)N[C@H](C=O)CC(=O)O)C1=O. The minimum Gasteiger partial charge on any atom is -0.481 e. The number of anilines is 1. The van der Waals surface area contributed by atoms with E-state index in [1.807, 2.05) is 12.1 Å². The normalized spacial score (nSPS) is 18.0. The smallest absolute Gasteiger partial charge is 0.305 e. The van der Waals surface area contributed by atoms with Crippen molar-refractivity contribution in [1.29, 1.82) is 0 Å². The van der Waals surface area contributed by atoms with Crippen molar-refractivity contribution in [3.8, 4) is 0 Å². The van der Waals surface area contributed by atoms with Crippen molar-refractivity contribution in [2.75, 3.05) is 24.2 Å². The molecule has 1 aliphatic heterocycles. The summed E-state index contributed by atoms with van der Waals surface area (Å²) in [6.07, 6.45) is -0.134. The Morgan fingerprint density at radius 3 is 2.80 bits per heavy atom. The molecule has 1 aromatic carbocycles. The van der Waals surface area contributed by atoms with Crippen molar-refractivity contribution >= 4 is 41.5 Å². The van der Waals surface area contributed by atoms with E-state index in [1.54, 1.807) is 19.2 Å². The van der Waals surface area contributed by atoms with Crippen LogP contribution in [0.5, 0.6) is 0 Å². The number of carbonyl (C=O) groups excluding carboxylic acids is 3. The molecule has 3 N–H and O–H groups in total. The Morgan fingerprint density at radius 2 is 2.16 bits per heavy atom. The summed E-state index contributed by atoms with van der Waals surface area (Å²) in [5.74, 6) is -1.51. The molecule has 25 heavy (non-hydrogen) atoms. The first-order chi connectivity index (χ1) is 12.0. The number of fused-ring (bicyclic) bond motifs is 1. The van der Waals surface area contributed by atoms with Crippen LogP contribution in [-0.2, 0) is 19.2 Å². The fraction of sp³-hybridized carbons (Fsp3) is 0.375. The van der Waals surface area contributed by atoms with Crippen LogP contribution in [0.25, 0.3) is 0 Å². The van der Waals surface area contributed by atoms with Gasteiger partial charge in [-0.15, -0.1) is 11.8 Å². The molecule has 0 bridgehead atoms. The molecule has 134 valence electrons. The monoisotopic (exact) mass is 365 g/mol. The summed E-state index contributed by atoms with van der Waals surface area (Å²) >= 11 is 1.51. The first-order valence-corrected chi connectivity index (χ1v) is 8.61. The number of benzene rings is 1. The van der Waals surface area contributed by atoms with Crippen LogP contribution >= 0.6 is 11.8 Å². The lowest BCUT2D eigenvalue weighted by molar-refractivity contribution is -0.138. The van der Waals surface area contributed by atoms with Gasteiger partial charge in [0.2, 0.25) is 11.8 Å². The second kappa shape index (κ2) is 8.63. The van der Waals surface area contributed by atoms with Gasteiger partial charge in [0.1, 0.15) is 12.8 Å². The van der Waals surface area contributed by atoms with Crippen molar-refractivity contribution < 1.29 is 24.3 Å². The highest BCUT2D eigenvalue weighted by Gasteiger charge is 2.31. The zero-order chi connectivity index (χ0) is 18.4. The number of aldehydes is 1. The molecule has 0 saturated heterocycles. The number of carboxylic acids is 1. The molecule has 0 aliphatic carbocycles. The minimum absolute atomic E-state index is 0.254. The van der Waals surface area contributed by atoms with Gasteiger partial charge in [0.25, 0.3) is 0 Å². The number of thioether (sulfide) groups is 1. The van der Waals surface area contributed by atoms with Gasteiger partial charge in [0.15, 0.2) is 0 Å². The summed E-state index contributed by atoms with van der Waals surface area (Å²) in [5.41, 5.74) is 0.617. The molecule has 1 heterocycles. The van der Waals surface area contributed by atoms with E-state index in [0.717, 1.165) is 4.90 Å². The maximum absolute atomic E-state index is 12.7. The van der Waals surface area contributed by atoms with E-state index < -0.39 is 30.4 Å². The number of nitrogens with one attached hydrogen (secondary N) is 2. The van der Waals surface area contributed by atoms with Crippen molar-refractivity contribution in [3.05, 3.63) is 24.3 Å². The third-order valence-electron chi connectivity index (χ3n) is 3.68. The Balaban J connectivity index is 2.19. The molecule has 2 amide bonds. The number of likely N-dealkylation sites (N-methyl/N-ethyl adjacent to an activating group) is 1. The lowest BCUT2D eigenvalue weighted by Gasteiger charge is -2.25. The summed E-state index contributed by atoms with van der Waals surface area (Å²) < 4.78 is 0. The van der Waals surface area contributed by atoms with E-state index in [4.69, 9.17) is 5.11 Å². The summed E-state index contributed by atoms with van der Waals surface area (Å²) in [6.45, 7) is -0.293. The van der Waals surface area contributed by atoms with Crippen LogP contribution in [0.4, 0.5) is 5.69 Å². The van der Waals surface area contributed by atoms with Crippen molar-refractivity contribution in [2.45, 2.75) is 23.4 Å². The van der Waals surface area contributed by atoms with Gasteiger partial charge in [0, 0.05) is 10.6 Å². The number of hydrogen-bond donors (Lipinski definition) is 3. The Bertz CT molecular complexity index is 681. The first-order valence-electron chi connectivity index (χ1n) is 7.63. The fourth-order valence-corrected chi connectivity index (χ4v) is 3.60. The van der Waals surface area contributed by atoms with Crippen LogP contribution in [0.2, 0.25) is 0 Å². The third-order valence-corrected chi connectivity index (χ3v) is 4.84. The van der Waals surface area contributed by atoms with Gasteiger partial charge < -0.3 is 25.4 Å². The molecule has 1 aliphatic rings. The largest absolute Gasteiger partial charge is 0.481 e. The number of carboxylic acid groups (broad SMARTS) is 1. The van der Waals surface area contributed by atoms with E-state index in [1.165, 1.54) is 16.7 Å². The zero-order valence-corrected chi connectivity index (χ0v) is 14.4. The predicted molar refractivity (Wildman–Crippen MR) is 92.6 cm³/mol. The highest BCUT2D eigenvalue weighted by atomic mass is 32.2. The molecular formula is C16H19N3O5S. The van der Waals surface area contributed by atoms with Crippen molar-refractivity contribution in [1.82, 2.24) is 10.6 Å². The average molecular weight is 365 g/mol. The van der Waals surface area contributed by atoms with Crippen LogP contribution in [-0.4, -0.2) is 60.6 Å². The van der Waals surface area contributed by atoms with Gasteiger partial charge in [-0.3, -0.25) is 14.4 Å². The molecule has 0 unspecified atom stereocenters. The van der Waals surface area contributed by atoms with Crippen LogP contribution < -0.4 is 15.5 Å². The zero-order valence-electron chi connectivity index (χ0n) is 13.6. The van der Waals surface area contributed by atoms with Crippen molar-refractivity contribution in [2.24, 2.45) is 0 Å². The first kappa shape index (κ1) is 18.9. The maximum atomic E-state index is 12.7. The quantitative estimate of drug-likeness (QED) is 0.577. The molecule has 0 saturated carbocycles. The lowest BCUT2D eigenvalue weighted by atomic mass is 10.2. The summed E-state index contributed by atoms with van der Waals surface area (Å²) in [5, 5.41) is 14.0. The fourth-order valence-electron chi connectivity index (χ4n) is 2.44. The summed E-state index contributed by atoms with van der Waals surface area (Å²) in [6, 6.07) is 5.66. The number of para-hydroxylation sites is 1. The molecule has 1 aromatic rings. The Hall–Kier alpha value is -2.39. The second-order valence-corrected chi connectivity index (χ2v) is 6.51. The molecule has 2 atom stereocenters. The van der Waals surface area contributed by atoms with E-state index in [-0.39, 0.29) is 12.5 Å². The molecule has 8 nitrogen and oxygen atoms in total. The van der Waals surface area contributed by atoms with Crippen LogP contribution in [0, 0.1) is 0 Å². The third kappa shape index (κ3) is 4.80. The number of aliphatic carboxylic acids is 1. The Labute approximate surface area is 148 Å². The van der Waals surface area contributed by atoms with E-state index in [0.29, 0.717) is 17.7 Å². The predicted octanol–water partition coefficient (Wildman–Crippen LogP) is -0.128. The molecule has 9 heteroatoms. The molecule has 0 spiro atoms. The highest BCUT2D eigenvalue weighted by molar-refractivity contribution is 7.99. The number of rotatable bonds is 7. The molecule has 2 rings (SSSR count). The average Bonchev–Trinajstić information content (AvgIpc) is 2.71. The van der Waals surface area contributed by atoms with Crippen molar-refractivity contribution in [3.63, 3.8) is 0 Å². The van der Waals surface area contributed by atoms with E-state index >= 15 is 0 Å². The molecule has 0 radical (unpaired) electrons. The molecule has 0 aromatic heterocycles. The van der Waals surface area contributed by atoms with Gasteiger partial charge in [-0.2, -0.15) is 0 Å².